The van der Waals surface area contributed by atoms with Gasteiger partial charge in [-0.3, -0.25) is 0 Å². The minimum atomic E-state index is -0.991. The van der Waals surface area contributed by atoms with E-state index in [1.165, 1.54) is 12.1 Å². The summed E-state index contributed by atoms with van der Waals surface area (Å²) in [5, 5.41) is 28.7. The molecule has 0 fully saturated rings. The molecule has 0 aliphatic rings. The van der Waals surface area contributed by atoms with Crippen LogP contribution in [0.2, 0.25) is 0 Å². The second kappa shape index (κ2) is 5.65. The number of aromatic carboxylic acids is 1. The summed E-state index contributed by atoms with van der Waals surface area (Å²) in [6.45, 7) is 0. The van der Waals surface area contributed by atoms with Gasteiger partial charge in [-0.05, 0) is 35.7 Å². The van der Waals surface area contributed by atoms with E-state index in [9.17, 15) is 9.90 Å². The standard InChI is InChI=1S/C17H12N2O3/c20-15-10-7-11-3-1-2-4-14(11)16(15)19-18-13-8-5-12(6-9-13)17(21)22/h1-10,20H,(H,21,22)/b19-18+. The van der Waals surface area contributed by atoms with E-state index in [0.717, 1.165) is 10.8 Å². The van der Waals surface area contributed by atoms with Crippen LogP contribution in [0.1, 0.15) is 10.4 Å². The van der Waals surface area contributed by atoms with Crippen LogP contribution < -0.4 is 0 Å². The van der Waals surface area contributed by atoms with Gasteiger partial charge in [0, 0.05) is 5.39 Å². The molecular formula is C17H12N2O3. The third-order valence-electron chi connectivity index (χ3n) is 3.26. The lowest BCUT2D eigenvalue weighted by Gasteiger charge is -2.03. The normalized spacial score (nSPS) is 11.1. The zero-order chi connectivity index (χ0) is 15.5. The summed E-state index contributed by atoms with van der Waals surface area (Å²) < 4.78 is 0. The molecule has 3 aromatic rings. The molecule has 3 aromatic carbocycles. The van der Waals surface area contributed by atoms with Gasteiger partial charge >= 0.3 is 5.97 Å². The molecule has 0 aliphatic carbocycles. The van der Waals surface area contributed by atoms with Gasteiger partial charge in [0.2, 0.25) is 0 Å². The highest BCUT2D eigenvalue weighted by Gasteiger charge is 2.06. The molecule has 0 saturated heterocycles. The maximum absolute atomic E-state index is 10.8. The third-order valence-corrected chi connectivity index (χ3v) is 3.26. The van der Waals surface area contributed by atoms with Crippen molar-refractivity contribution in [2.24, 2.45) is 10.2 Å². The van der Waals surface area contributed by atoms with Gasteiger partial charge in [0.15, 0.2) is 0 Å². The van der Waals surface area contributed by atoms with Gasteiger partial charge in [-0.2, -0.15) is 5.11 Å². The van der Waals surface area contributed by atoms with Crippen LogP contribution in [-0.2, 0) is 0 Å². The molecule has 3 rings (SSSR count). The number of fused-ring (bicyclic) bond motifs is 1. The van der Waals surface area contributed by atoms with Crippen LogP contribution in [0.3, 0.4) is 0 Å². The number of hydrogen-bond acceptors (Lipinski definition) is 4. The third kappa shape index (κ3) is 2.64. The summed E-state index contributed by atoms with van der Waals surface area (Å²) in [4.78, 5) is 10.8. The molecule has 0 spiro atoms. The molecule has 0 amide bonds. The summed E-state index contributed by atoms with van der Waals surface area (Å²) in [6.07, 6.45) is 0. The number of aromatic hydroxyl groups is 1. The maximum Gasteiger partial charge on any atom is 0.335 e. The molecule has 0 heterocycles. The Balaban J connectivity index is 1.98. The van der Waals surface area contributed by atoms with Gasteiger partial charge < -0.3 is 10.2 Å². The molecule has 0 bridgehead atoms. The molecule has 2 N–H and O–H groups in total. The van der Waals surface area contributed by atoms with Crippen LogP contribution >= 0.6 is 0 Å². The van der Waals surface area contributed by atoms with E-state index in [0.29, 0.717) is 11.4 Å². The summed E-state index contributed by atoms with van der Waals surface area (Å²) in [5.74, 6) is -0.945. The molecule has 0 atom stereocenters. The fraction of sp³-hybridized carbons (Fsp3) is 0. The average molecular weight is 292 g/mol. The van der Waals surface area contributed by atoms with E-state index in [1.54, 1.807) is 18.2 Å². The number of phenolic OH excluding ortho intramolecular Hbond substituents is 1. The van der Waals surface area contributed by atoms with Crippen LogP contribution in [0.15, 0.2) is 70.9 Å². The van der Waals surface area contributed by atoms with E-state index in [-0.39, 0.29) is 11.3 Å². The van der Waals surface area contributed by atoms with E-state index < -0.39 is 5.97 Å². The first-order chi connectivity index (χ1) is 10.6. The van der Waals surface area contributed by atoms with Crippen LogP contribution in [0.4, 0.5) is 11.4 Å². The molecular weight excluding hydrogens is 280 g/mol. The molecule has 0 unspecified atom stereocenters. The molecule has 22 heavy (non-hydrogen) atoms. The summed E-state index contributed by atoms with van der Waals surface area (Å²) in [7, 11) is 0. The minimum absolute atomic E-state index is 0.0459. The van der Waals surface area contributed by atoms with Crippen molar-refractivity contribution in [1.82, 2.24) is 0 Å². The minimum Gasteiger partial charge on any atom is -0.506 e. The highest BCUT2D eigenvalue weighted by Crippen LogP contribution is 2.35. The van der Waals surface area contributed by atoms with Gasteiger partial charge in [-0.15, -0.1) is 5.11 Å². The van der Waals surface area contributed by atoms with Crippen molar-refractivity contribution in [3.63, 3.8) is 0 Å². The predicted octanol–water partition coefficient (Wildman–Crippen LogP) is 4.66. The second-order valence-electron chi connectivity index (χ2n) is 4.71. The van der Waals surface area contributed by atoms with Crippen molar-refractivity contribution in [1.29, 1.82) is 0 Å². The molecule has 5 heteroatoms. The maximum atomic E-state index is 10.8. The Morgan fingerprint density at radius 3 is 2.32 bits per heavy atom. The number of benzene rings is 3. The number of hydrogen-bond donors (Lipinski definition) is 2. The Hall–Kier alpha value is -3.21. The lowest BCUT2D eigenvalue weighted by molar-refractivity contribution is 0.0697. The number of carboxylic acid groups (broad SMARTS) is 1. The zero-order valence-corrected chi connectivity index (χ0v) is 11.5. The van der Waals surface area contributed by atoms with Gasteiger partial charge in [0.1, 0.15) is 11.4 Å². The summed E-state index contributed by atoms with van der Waals surface area (Å²) >= 11 is 0. The number of rotatable bonds is 3. The van der Waals surface area contributed by atoms with Crippen LogP contribution in [0.5, 0.6) is 5.75 Å². The predicted molar refractivity (Wildman–Crippen MR) is 83.2 cm³/mol. The Morgan fingerprint density at radius 2 is 1.59 bits per heavy atom. The Morgan fingerprint density at radius 1 is 0.864 bits per heavy atom. The van der Waals surface area contributed by atoms with Gasteiger partial charge in [-0.1, -0.05) is 30.3 Å². The van der Waals surface area contributed by atoms with Crippen molar-refractivity contribution < 1.29 is 15.0 Å². The van der Waals surface area contributed by atoms with Crippen LogP contribution in [0.25, 0.3) is 10.8 Å². The van der Waals surface area contributed by atoms with Crippen molar-refractivity contribution in [2.45, 2.75) is 0 Å². The van der Waals surface area contributed by atoms with Crippen molar-refractivity contribution in [2.75, 3.05) is 0 Å². The molecule has 5 nitrogen and oxygen atoms in total. The van der Waals surface area contributed by atoms with Crippen LogP contribution in [0, 0.1) is 0 Å². The SMILES string of the molecule is O=C(O)c1ccc(/N=N/c2c(O)ccc3ccccc23)cc1. The quantitative estimate of drug-likeness (QED) is 0.689. The zero-order valence-electron chi connectivity index (χ0n) is 11.5. The highest BCUT2D eigenvalue weighted by atomic mass is 16.4. The first kappa shape index (κ1) is 13.8. The van der Waals surface area contributed by atoms with E-state index in [1.807, 2.05) is 30.3 Å². The fourth-order valence-electron chi connectivity index (χ4n) is 2.13. The largest absolute Gasteiger partial charge is 0.506 e. The summed E-state index contributed by atoms with van der Waals surface area (Å²) in [5.41, 5.74) is 1.09. The van der Waals surface area contributed by atoms with Gasteiger partial charge in [0.05, 0.1) is 11.3 Å². The van der Waals surface area contributed by atoms with E-state index in [2.05, 4.69) is 10.2 Å². The Kier molecular flexibility index (Phi) is 3.53. The fourth-order valence-corrected chi connectivity index (χ4v) is 2.13. The van der Waals surface area contributed by atoms with Gasteiger partial charge in [0.25, 0.3) is 0 Å². The summed E-state index contributed by atoms with van der Waals surface area (Å²) in [6, 6.07) is 17.0. The number of azo groups is 1. The smallest absolute Gasteiger partial charge is 0.335 e. The van der Waals surface area contributed by atoms with E-state index >= 15 is 0 Å². The number of carbonyl (C=O) groups is 1. The van der Waals surface area contributed by atoms with Gasteiger partial charge in [-0.25, -0.2) is 4.79 Å². The van der Waals surface area contributed by atoms with Crippen molar-refractivity contribution in [3.05, 3.63) is 66.2 Å². The first-order valence-corrected chi connectivity index (χ1v) is 6.61. The second-order valence-corrected chi connectivity index (χ2v) is 4.71. The highest BCUT2D eigenvalue weighted by molar-refractivity contribution is 5.95. The Labute approximate surface area is 126 Å². The molecule has 108 valence electrons. The average Bonchev–Trinajstić information content (AvgIpc) is 2.54. The van der Waals surface area contributed by atoms with E-state index in [4.69, 9.17) is 5.11 Å². The topological polar surface area (TPSA) is 82.2 Å². The lowest BCUT2D eigenvalue weighted by atomic mass is 10.1. The Bertz CT molecular complexity index is 871. The molecule has 0 aromatic heterocycles. The lowest BCUT2D eigenvalue weighted by Crippen LogP contribution is -1.93. The van der Waals surface area contributed by atoms with Crippen molar-refractivity contribution >= 4 is 28.1 Å². The first-order valence-electron chi connectivity index (χ1n) is 6.61. The number of carboxylic acids is 1. The molecule has 0 radical (unpaired) electrons. The molecule has 0 saturated carbocycles. The van der Waals surface area contributed by atoms with Crippen LogP contribution in [-0.4, -0.2) is 16.2 Å². The number of nitrogens with zero attached hydrogens (tertiary/aromatic N) is 2. The van der Waals surface area contributed by atoms with Crippen molar-refractivity contribution in [3.8, 4) is 5.75 Å². The molecule has 0 aliphatic heterocycles. The number of phenols is 1. The monoisotopic (exact) mass is 292 g/mol.